The first-order chi connectivity index (χ1) is 8.28. The molecule has 5 heteroatoms. The fourth-order valence-electron chi connectivity index (χ4n) is 2.01. The van der Waals surface area contributed by atoms with E-state index in [0.29, 0.717) is 17.2 Å². The van der Waals surface area contributed by atoms with Gasteiger partial charge in [-0.15, -0.1) is 0 Å². The molecule has 0 bridgehead atoms. The van der Waals surface area contributed by atoms with E-state index in [2.05, 4.69) is 18.6 Å². The topological polar surface area (TPSA) is 72.2 Å². The van der Waals surface area contributed by atoms with E-state index >= 15 is 0 Å². The molecular formula is C13H22N2O2S. The van der Waals surface area contributed by atoms with Crippen LogP contribution >= 0.6 is 0 Å². The summed E-state index contributed by atoms with van der Waals surface area (Å²) in [6, 6.07) is 6.91. The van der Waals surface area contributed by atoms with Gasteiger partial charge in [0, 0.05) is 11.7 Å². The SMILES string of the molecule is CC(C)CC(C)NS(=O)(=O)Cc1cccc(N)c1. The molecule has 1 atom stereocenters. The van der Waals surface area contributed by atoms with Crippen LogP contribution in [0.5, 0.6) is 0 Å². The van der Waals surface area contributed by atoms with Crippen LogP contribution in [0.15, 0.2) is 24.3 Å². The molecule has 0 saturated heterocycles. The van der Waals surface area contributed by atoms with Crippen molar-refractivity contribution in [2.75, 3.05) is 5.73 Å². The van der Waals surface area contributed by atoms with E-state index in [9.17, 15) is 8.42 Å². The first-order valence-electron chi connectivity index (χ1n) is 6.13. The highest BCUT2D eigenvalue weighted by Gasteiger charge is 2.16. The Morgan fingerprint density at radius 2 is 1.94 bits per heavy atom. The molecule has 1 aromatic carbocycles. The average molecular weight is 270 g/mol. The van der Waals surface area contributed by atoms with Gasteiger partial charge in [-0.1, -0.05) is 26.0 Å². The summed E-state index contributed by atoms with van der Waals surface area (Å²) in [5.74, 6) is 0.440. The Kier molecular flexibility index (Phi) is 5.16. The van der Waals surface area contributed by atoms with Crippen LogP contribution in [0.25, 0.3) is 0 Å². The molecule has 0 fully saturated rings. The number of anilines is 1. The van der Waals surface area contributed by atoms with E-state index in [-0.39, 0.29) is 11.8 Å². The molecule has 0 aromatic heterocycles. The lowest BCUT2D eigenvalue weighted by molar-refractivity contribution is 0.482. The Morgan fingerprint density at radius 1 is 1.28 bits per heavy atom. The minimum atomic E-state index is -3.30. The van der Waals surface area contributed by atoms with E-state index in [4.69, 9.17) is 5.73 Å². The summed E-state index contributed by atoms with van der Waals surface area (Å²) in [6.07, 6.45) is 0.830. The van der Waals surface area contributed by atoms with Gasteiger partial charge in [0.15, 0.2) is 0 Å². The summed E-state index contributed by atoms with van der Waals surface area (Å²) in [5.41, 5.74) is 6.92. The van der Waals surface area contributed by atoms with Crippen LogP contribution in [0.2, 0.25) is 0 Å². The molecule has 0 aliphatic carbocycles. The average Bonchev–Trinajstić information content (AvgIpc) is 2.13. The maximum Gasteiger partial charge on any atom is 0.216 e. The zero-order valence-corrected chi connectivity index (χ0v) is 12.0. The van der Waals surface area contributed by atoms with Crippen molar-refractivity contribution in [2.45, 2.75) is 39.0 Å². The van der Waals surface area contributed by atoms with Crippen molar-refractivity contribution >= 4 is 15.7 Å². The number of nitrogens with one attached hydrogen (secondary N) is 1. The molecule has 102 valence electrons. The highest BCUT2D eigenvalue weighted by molar-refractivity contribution is 7.88. The third kappa shape index (κ3) is 5.51. The van der Waals surface area contributed by atoms with Gasteiger partial charge in [-0.3, -0.25) is 0 Å². The maximum absolute atomic E-state index is 12.0. The number of benzene rings is 1. The fourth-order valence-corrected chi connectivity index (χ4v) is 3.42. The molecule has 1 aromatic rings. The molecule has 1 rings (SSSR count). The quantitative estimate of drug-likeness (QED) is 0.778. The molecule has 0 spiro atoms. The Labute approximate surface area is 110 Å². The summed E-state index contributed by atoms with van der Waals surface area (Å²) < 4.78 is 26.6. The number of rotatable bonds is 6. The Balaban J connectivity index is 2.65. The fraction of sp³-hybridized carbons (Fsp3) is 0.538. The number of nitrogens with two attached hydrogens (primary N) is 1. The molecule has 4 nitrogen and oxygen atoms in total. The van der Waals surface area contributed by atoms with Crippen LogP contribution in [0.4, 0.5) is 5.69 Å². The lowest BCUT2D eigenvalue weighted by Crippen LogP contribution is -2.34. The zero-order chi connectivity index (χ0) is 13.8. The van der Waals surface area contributed by atoms with Crippen molar-refractivity contribution < 1.29 is 8.42 Å². The molecule has 0 radical (unpaired) electrons. The molecule has 3 N–H and O–H groups in total. The summed E-state index contributed by atoms with van der Waals surface area (Å²) in [7, 11) is -3.30. The van der Waals surface area contributed by atoms with Gasteiger partial charge in [-0.2, -0.15) is 0 Å². The number of hydrogen-bond acceptors (Lipinski definition) is 3. The van der Waals surface area contributed by atoms with Crippen molar-refractivity contribution in [1.29, 1.82) is 0 Å². The first kappa shape index (κ1) is 15.0. The number of nitrogen functional groups attached to an aromatic ring is 1. The second kappa shape index (κ2) is 6.20. The van der Waals surface area contributed by atoms with Crippen LogP contribution in [0.1, 0.15) is 32.8 Å². The summed E-state index contributed by atoms with van der Waals surface area (Å²) in [5, 5.41) is 0. The monoisotopic (exact) mass is 270 g/mol. The third-order valence-corrected chi connectivity index (χ3v) is 3.99. The second-order valence-corrected chi connectivity index (χ2v) is 6.91. The smallest absolute Gasteiger partial charge is 0.216 e. The minimum absolute atomic E-state index is 0.0273. The Hall–Kier alpha value is -1.07. The van der Waals surface area contributed by atoms with Crippen LogP contribution in [-0.2, 0) is 15.8 Å². The van der Waals surface area contributed by atoms with Gasteiger partial charge in [0.1, 0.15) is 0 Å². The molecule has 0 aliphatic rings. The summed E-state index contributed by atoms with van der Waals surface area (Å²) in [6.45, 7) is 6.03. The molecule has 0 heterocycles. The van der Waals surface area contributed by atoms with Crippen LogP contribution in [-0.4, -0.2) is 14.5 Å². The van der Waals surface area contributed by atoms with Gasteiger partial charge < -0.3 is 5.73 Å². The lowest BCUT2D eigenvalue weighted by atomic mass is 10.1. The van der Waals surface area contributed by atoms with Crippen LogP contribution in [0, 0.1) is 5.92 Å². The van der Waals surface area contributed by atoms with Crippen molar-refractivity contribution in [3.63, 3.8) is 0 Å². The number of sulfonamides is 1. The van der Waals surface area contributed by atoms with Gasteiger partial charge >= 0.3 is 0 Å². The predicted molar refractivity (Wildman–Crippen MR) is 75.5 cm³/mol. The maximum atomic E-state index is 12.0. The van der Waals surface area contributed by atoms with Crippen LogP contribution in [0.3, 0.4) is 0 Å². The highest BCUT2D eigenvalue weighted by Crippen LogP contribution is 2.11. The second-order valence-electron chi connectivity index (χ2n) is 5.15. The molecule has 0 saturated carbocycles. The lowest BCUT2D eigenvalue weighted by Gasteiger charge is -2.16. The van der Waals surface area contributed by atoms with Gasteiger partial charge in [-0.05, 0) is 37.0 Å². The van der Waals surface area contributed by atoms with Crippen molar-refractivity contribution in [3.8, 4) is 0 Å². The van der Waals surface area contributed by atoms with E-state index in [0.717, 1.165) is 6.42 Å². The van der Waals surface area contributed by atoms with Gasteiger partial charge in [-0.25, -0.2) is 13.1 Å². The molecular weight excluding hydrogens is 248 g/mol. The first-order valence-corrected chi connectivity index (χ1v) is 7.78. The molecule has 0 aliphatic heterocycles. The van der Waals surface area contributed by atoms with E-state index in [1.807, 2.05) is 6.92 Å². The van der Waals surface area contributed by atoms with Crippen molar-refractivity contribution in [1.82, 2.24) is 4.72 Å². The van der Waals surface area contributed by atoms with Gasteiger partial charge in [0.05, 0.1) is 5.75 Å². The molecule has 1 unspecified atom stereocenters. The third-order valence-electron chi connectivity index (χ3n) is 2.51. The normalized spacial score (nSPS) is 13.8. The molecule has 0 amide bonds. The highest BCUT2D eigenvalue weighted by atomic mass is 32.2. The zero-order valence-electron chi connectivity index (χ0n) is 11.2. The largest absolute Gasteiger partial charge is 0.399 e. The van der Waals surface area contributed by atoms with Gasteiger partial charge in [0.2, 0.25) is 10.0 Å². The van der Waals surface area contributed by atoms with E-state index in [1.165, 1.54) is 0 Å². The van der Waals surface area contributed by atoms with Crippen LogP contribution < -0.4 is 10.5 Å². The predicted octanol–water partition coefficient (Wildman–Crippen LogP) is 2.12. The van der Waals surface area contributed by atoms with E-state index < -0.39 is 10.0 Å². The molecule has 18 heavy (non-hydrogen) atoms. The summed E-state index contributed by atoms with van der Waals surface area (Å²) in [4.78, 5) is 0. The van der Waals surface area contributed by atoms with Gasteiger partial charge in [0.25, 0.3) is 0 Å². The Bertz CT molecular complexity index is 484. The Morgan fingerprint density at radius 3 is 2.50 bits per heavy atom. The standard InChI is InChI=1S/C13H22N2O2S/c1-10(2)7-11(3)15-18(16,17)9-12-5-4-6-13(14)8-12/h4-6,8,10-11,15H,7,9,14H2,1-3H3. The van der Waals surface area contributed by atoms with E-state index in [1.54, 1.807) is 24.3 Å². The van der Waals surface area contributed by atoms with Crippen molar-refractivity contribution in [2.24, 2.45) is 5.92 Å². The number of hydrogen-bond donors (Lipinski definition) is 2. The van der Waals surface area contributed by atoms with Crippen molar-refractivity contribution in [3.05, 3.63) is 29.8 Å². The minimum Gasteiger partial charge on any atom is -0.399 e. The summed E-state index contributed by atoms with van der Waals surface area (Å²) >= 11 is 0.